The number of benzene rings is 1. The fourth-order valence-corrected chi connectivity index (χ4v) is 4.21. The lowest BCUT2D eigenvalue weighted by Crippen LogP contribution is -3.14. The molecule has 1 aromatic rings. The number of nitrogen functional groups attached to an aromatic ring is 1. The number of hydrogen-bond acceptors (Lipinski definition) is 3. The molecule has 0 radical (unpaired) electrons. The van der Waals surface area contributed by atoms with Crippen LogP contribution in [0.3, 0.4) is 0 Å². The van der Waals surface area contributed by atoms with E-state index in [1.165, 1.54) is 17.7 Å². The van der Waals surface area contributed by atoms with Crippen molar-refractivity contribution in [2.45, 2.75) is 57.5 Å². The minimum Gasteiger partial charge on any atom is -0.399 e. The minimum atomic E-state index is -0.0209. The fraction of sp³-hybridized carbons (Fsp3) is 0.600. The monoisotopic (exact) mass is 344 g/mol. The van der Waals surface area contributed by atoms with Crippen LogP contribution in [0.5, 0.6) is 0 Å². The molecule has 136 valence electrons. The molecule has 3 atom stereocenters. The molecule has 1 aromatic carbocycles. The first kappa shape index (κ1) is 17.9. The third-order valence-corrected chi connectivity index (χ3v) is 5.78. The Kier molecular flexibility index (Phi) is 5.42. The van der Waals surface area contributed by atoms with E-state index in [1.807, 2.05) is 4.90 Å². The molecule has 0 spiro atoms. The summed E-state index contributed by atoms with van der Waals surface area (Å²) in [7, 11) is 2.08. The lowest BCUT2D eigenvalue weighted by atomic mass is 9.93. The van der Waals surface area contributed by atoms with Crippen molar-refractivity contribution in [1.82, 2.24) is 4.90 Å². The van der Waals surface area contributed by atoms with Gasteiger partial charge < -0.3 is 15.5 Å². The fourth-order valence-electron chi connectivity index (χ4n) is 4.21. The smallest absolute Gasteiger partial charge is 0.254 e. The second-order valence-corrected chi connectivity index (χ2v) is 7.70. The van der Waals surface area contributed by atoms with Crippen LogP contribution in [0.4, 0.5) is 5.69 Å². The highest BCUT2D eigenvalue weighted by molar-refractivity contribution is 6.03. The molecule has 0 aromatic heterocycles. The molecule has 2 fully saturated rings. The van der Waals surface area contributed by atoms with Gasteiger partial charge in [0, 0.05) is 35.8 Å². The first-order chi connectivity index (χ1) is 12.0. The molecule has 2 aliphatic heterocycles. The molecule has 2 heterocycles. The van der Waals surface area contributed by atoms with E-state index in [-0.39, 0.29) is 23.8 Å². The number of likely N-dealkylation sites (tertiary alicyclic amines) is 2. The number of rotatable bonds is 3. The summed E-state index contributed by atoms with van der Waals surface area (Å²) in [4.78, 5) is 29.1. The number of carbonyl (C=O) groups is 2. The summed E-state index contributed by atoms with van der Waals surface area (Å²) in [6.45, 7) is 3.90. The standard InChI is InChI=1S/C20H29N3O2/c1-14-7-3-6-10-23(14)20(25)16-11-15(12-17(21)13-16)19(24)18-8-4-5-9-22(18)2/h11-14,18H,3-10,21H2,1-2H3/p+1/t14-,18+/m1/s1. The third kappa shape index (κ3) is 3.87. The second kappa shape index (κ2) is 7.56. The predicted molar refractivity (Wildman–Crippen MR) is 98.9 cm³/mol. The van der Waals surface area contributed by atoms with E-state index in [0.717, 1.165) is 38.8 Å². The van der Waals surface area contributed by atoms with Gasteiger partial charge in [-0.3, -0.25) is 9.59 Å². The maximum absolute atomic E-state index is 13.0. The molecule has 0 aliphatic carbocycles. The predicted octanol–water partition coefficient (Wildman–Crippen LogP) is 1.53. The van der Waals surface area contributed by atoms with Crippen molar-refractivity contribution in [3.63, 3.8) is 0 Å². The van der Waals surface area contributed by atoms with Gasteiger partial charge in [0.15, 0.2) is 6.04 Å². The topological polar surface area (TPSA) is 67.8 Å². The van der Waals surface area contributed by atoms with E-state index in [2.05, 4.69) is 14.0 Å². The van der Waals surface area contributed by atoms with E-state index in [1.54, 1.807) is 18.2 Å². The maximum atomic E-state index is 13.0. The van der Waals surface area contributed by atoms with Gasteiger partial charge in [0.1, 0.15) is 0 Å². The highest BCUT2D eigenvalue weighted by Gasteiger charge is 2.31. The Morgan fingerprint density at radius 2 is 1.80 bits per heavy atom. The van der Waals surface area contributed by atoms with Crippen molar-refractivity contribution in [1.29, 1.82) is 0 Å². The number of Topliss-reactive ketones (excluding diaryl/α,β-unsaturated/α-hetero) is 1. The number of nitrogens with two attached hydrogens (primary N) is 1. The van der Waals surface area contributed by atoms with Crippen LogP contribution >= 0.6 is 0 Å². The Labute approximate surface area is 150 Å². The number of quaternary nitrogens is 1. The molecule has 3 rings (SSSR count). The van der Waals surface area contributed by atoms with Crippen LogP contribution in [0.2, 0.25) is 0 Å². The van der Waals surface area contributed by atoms with Crippen LogP contribution < -0.4 is 10.6 Å². The van der Waals surface area contributed by atoms with E-state index in [0.29, 0.717) is 16.8 Å². The zero-order valence-electron chi connectivity index (χ0n) is 15.4. The Morgan fingerprint density at radius 1 is 1.08 bits per heavy atom. The molecule has 25 heavy (non-hydrogen) atoms. The van der Waals surface area contributed by atoms with E-state index < -0.39 is 0 Å². The van der Waals surface area contributed by atoms with Crippen LogP contribution in [-0.4, -0.2) is 48.8 Å². The summed E-state index contributed by atoms with van der Waals surface area (Å²) < 4.78 is 0. The average molecular weight is 344 g/mol. The van der Waals surface area contributed by atoms with E-state index in [9.17, 15) is 9.59 Å². The molecular formula is C20H30N3O2+. The second-order valence-electron chi connectivity index (χ2n) is 7.70. The highest BCUT2D eigenvalue weighted by atomic mass is 16.2. The van der Waals surface area contributed by atoms with Crippen LogP contribution in [0.25, 0.3) is 0 Å². The van der Waals surface area contributed by atoms with Gasteiger partial charge in [-0.15, -0.1) is 0 Å². The first-order valence-electron chi connectivity index (χ1n) is 9.55. The van der Waals surface area contributed by atoms with Gasteiger partial charge >= 0.3 is 0 Å². The van der Waals surface area contributed by atoms with Gasteiger partial charge in [0.05, 0.1) is 13.6 Å². The number of amides is 1. The average Bonchev–Trinajstić information content (AvgIpc) is 2.61. The van der Waals surface area contributed by atoms with E-state index >= 15 is 0 Å². The van der Waals surface area contributed by atoms with Crippen molar-refractivity contribution in [3.8, 4) is 0 Å². The minimum absolute atomic E-state index is 0.00195. The molecule has 3 N–H and O–H groups in total. The van der Waals surface area contributed by atoms with Crippen LogP contribution in [0, 0.1) is 0 Å². The largest absolute Gasteiger partial charge is 0.399 e. The van der Waals surface area contributed by atoms with Gasteiger partial charge in [-0.2, -0.15) is 0 Å². The van der Waals surface area contributed by atoms with Crippen LogP contribution in [0.1, 0.15) is 66.2 Å². The molecule has 5 nitrogen and oxygen atoms in total. The highest BCUT2D eigenvalue weighted by Crippen LogP contribution is 2.22. The summed E-state index contributed by atoms with van der Waals surface area (Å²) in [5.74, 6) is 0.114. The number of likely N-dealkylation sites (N-methyl/N-ethyl adjacent to an activating group) is 1. The maximum Gasteiger partial charge on any atom is 0.254 e. The number of nitrogens with one attached hydrogen (secondary N) is 1. The van der Waals surface area contributed by atoms with Crippen LogP contribution in [-0.2, 0) is 0 Å². The lowest BCUT2D eigenvalue weighted by Gasteiger charge is -2.33. The Hall–Kier alpha value is -1.88. The molecular weight excluding hydrogens is 314 g/mol. The number of ketones is 1. The molecule has 2 saturated heterocycles. The van der Waals surface area contributed by atoms with Crippen molar-refractivity contribution in [3.05, 3.63) is 29.3 Å². The van der Waals surface area contributed by atoms with Gasteiger partial charge in [-0.05, 0) is 57.2 Å². The molecule has 5 heteroatoms. The number of anilines is 1. The molecule has 0 saturated carbocycles. The number of piperidine rings is 2. The summed E-state index contributed by atoms with van der Waals surface area (Å²) in [5.41, 5.74) is 7.66. The van der Waals surface area contributed by atoms with Gasteiger partial charge in [0.2, 0.25) is 5.78 Å². The normalized spacial score (nSPS) is 27.1. The number of nitrogens with zero attached hydrogens (tertiary/aromatic N) is 1. The molecule has 0 bridgehead atoms. The van der Waals surface area contributed by atoms with Gasteiger partial charge in [-0.1, -0.05) is 0 Å². The summed E-state index contributed by atoms with van der Waals surface area (Å²) in [6.07, 6.45) is 6.42. The van der Waals surface area contributed by atoms with Crippen molar-refractivity contribution >= 4 is 17.4 Å². The van der Waals surface area contributed by atoms with Gasteiger partial charge in [0.25, 0.3) is 5.91 Å². The third-order valence-electron chi connectivity index (χ3n) is 5.78. The number of carbonyl (C=O) groups excluding carboxylic acids is 2. The lowest BCUT2D eigenvalue weighted by molar-refractivity contribution is -0.900. The zero-order valence-corrected chi connectivity index (χ0v) is 15.4. The Morgan fingerprint density at radius 3 is 2.52 bits per heavy atom. The molecule has 2 aliphatic rings. The molecule has 1 amide bonds. The van der Waals surface area contributed by atoms with Crippen molar-refractivity contribution < 1.29 is 14.5 Å². The summed E-state index contributed by atoms with van der Waals surface area (Å²) in [6, 6.07) is 5.41. The summed E-state index contributed by atoms with van der Waals surface area (Å²) >= 11 is 0. The van der Waals surface area contributed by atoms with Crippen molar-refractivity contribution in [2.24, 2.45) is 0 Å². The summed E-state index contributed by atoms with van der Waals surface area (Å²) in [5, 5.41) is 0. The van der Waals surface area contributed by atoms with E-state index in [4.69, 9.17) is 5.73 Å². The number of hydrogen-bond donors (Lipinski definition) is 2. The van der Waals surface area contributed by atoms with Crippen molar-refractivity contribution in [2.75, 3.05) is 25.9 Å². The van der Waals surface area contributed by atoms with Crippen LogP contribution in [0.15, 0.2) is 18.2 Å². The molecule has 1 unspecified atom stereocenters. The first-order valence-corrected chi connectivity index (χ1v) is 9.55. The zero-order chi connectivity index (χ0) is 18.0. The van der Waals surface area contributed by atoms with Gasteiger partial charge in [-0.25, -0.2) is 0 Å². The SMILES string of the molecule is C[C@@H]1CCCCN1C(=O)c1cc(N)cc(C(=O)[C@@H]2CCCC[NH+]2C)c1. The Balaban J connectivity index is 1.85. The Bertz CT molecular complexity index is 606. The quantitative estimate of drug-likeness (QED) is 0.645.